The molecular formula is C23H30N4O4S2. The van der Waals surface area contributed by atoms with E-state index in [-0.39, 0.29) is 28.5 Å². The molecular weight excluding hydrogens is 460 g/mol. The second-order valence-electron chi connectivity index (χ2n) is 7.76. The van der Waals surface area contributed by atoms with Crippen molar-refractivity contribution in [3.63, 3.8) is 0 Å². The summed E-state index contributed by atoms with van der Waals surface area (Å²) >= 11 is 1.20. The number of nitrogens with one attached hydrogen (secondary N) is 2. The predicted octanol–water partition coefficient (Wildman–Crippen LogP) is 3.52. The topological polar surface area (TPSA) is 108 Å². The average molecular weight is 491 g/mol. The molecule has 0 atom stereocenters. The monoisotopic (exact) mass is 490 g/mol. The molecule has 0 aliphatic heterocycles. The van der Waals surface area contributed by atoms with Gasteiger partial charge in [-0.1, -0.05) is 50.6 Å². The number of hydrogen-bond acceptors (Lipinski definition) is 6. The van der Waals surface area contributed by atoms with E-state index in [4.69, 9.17) is 0 Å². The molecule has 0 unspecified atom stereocenters. The van der Waals surface area contributed by atoms with E-state index in [0.717, 1.165) is 25.7 Å². The molecule has 1 heterocycles. The van der Waals surface area contributed by atoms with Crippen molar-refractivity contribution in [1.82, 2.24) is 14.6 Å². The fourth-order valence-corrected chi connectivity index (χ4v) is 5.81. The lowest BCUT2D eigenvalue weighted by molar-refractivity contribution is -0.113. The van der Waals surface area contributed by atoms with Crippen LogP contribution in [-0.4, -0.2) is 54.4 Å². The molecule has 1 saturated carbocycles. The third-order valence-corrected chi connectivity index (χ3v) is 8.52. The minimum Gasteiger partial charge on any atom is -0.349 e. The molecule has 1 aliphatic rings. The van der Waals surface area contributed by atoms with Gasteiger partial charge >= 0.3 is 0 Å². The number of benzene rings is 1. The Balaban J connectivity index is 1.58. The fourth-order valence-electron chi connectivity index (χ4n) is 3.77. The lowest BCUT2D eigenvalue weighted by Gasteiger charge is -2.18. The maximum atomic E-state index is 12.7. The largest absolute Gasteiger partial charge is 0.349 e. The average Bonchev–Trinajstić information content (AvgIpc) is 3.32. The first-order valence-corrected chi connectivity index (χ1v) is 13.6. The van der Waals surface area contributed by atoms with Gasteiger partial charge in [0.2, 0.25) is 15.9 Å². The Morgan fingerprint density at radius 1 is 1.09 bits per heavy atom. The van der Waals surface area contributed by atoms with Crippen molar-refractivity contribution >= 4 is 39.3 Å². The van der Waals surface area contributed by atoms with Gasteiger partial charge in [0.1, 0.15) is 4.90 Å². The molecule has 1 aromatic carbocycles. The number of thioether (sulfide) groups is 1. The number of hydrogen-bond donors (Lipinski definition) is 2. The molecule has 0 radical (unpaired) electrons. The van der Waals surface area contributed by atoms with Crippen LogP contribution in [0.3, 0.4) is 0 Å². The summed E-state index contributed by atoms with van der Waals surface area (Å²) in [5.74, 6) is -0.381. The van der Waals surface area contributed by atoms with E-state index >= 15 is 0 Å². The van der Waals surface area contributed by atoms with Crippen LogP contribution < -0.4 is 10.6 Å². The summed E-state index contributed by atoms with van der Waals surface area (Å²) in [5, 5.41) is 6.38. The van der Waals surface area contributed by atoms with Crippen molar-refractivity contribution in [3.8, 4) is 0 Å². The highest BCUT2D eigenvalue weighted by atomic mass is 32.2. The van der Waals surface area contributed by atoms with E-state index in [1.807, 2.05) is 0 Å². The Morgan fingerprint density at radius 2 is 1.79 bits per heavy atom. The second kappa shape index (κ2) is 11.6. The van der Waals surface area contributed by atoms with Gasteiger partial charge < -0.3 is 10.6 Å². The number of amides is 2. The smallest absolute Gasteiger partial charge is 0.253 e. The van der Waals surface area contributed by atoms with Crippen molar-refractivity contribution in [1.29, 1.82) is 0 Å². The molecule has 10 heteroatoms. The Labute approximate surface area is 199 Å². The van der Waals surface area contributed by atoms with Gasteiger partial charge in [-0.05, 0) is 37.1 Å². The van der Waals surface area contributed by atoms with Crippen LogP contribution in [0.4, 0.5) is 5.69 Å². The van der Waals surface area contributed by atoms with Gasteiger partial charge in [0.25, 0.3) is 5.91 Å². The highest BCUT2D eigenvalue weighted by Crippen LogP contribution is 2.22. The number of anilines is 1. The first kappa shape index (κ1) is 25.2. The summed E-state index contributed by atoms with van der Waals surface area (Å²) in [7, 11) is -3.57. The number of pyridine rings is 1. The number of nitrogens with zero attached hydrogens (tertiary/aromatic N) is 2. The summed E-state index contributed by atoms with van der Waals surface area (Å²) in [6.07, 6.45) is 5.53. The Hall–Kier alpha value is -2.43. The molecule has 2 N–H and O–H groups in total. The van der Waals surface area contributed by atoms with Gasteiger partial charge in [0.15, 0.2) is 0 Å². The molecule has 8 nitrogen and oxygen atoms in total. The standard InChI is InChI=1S/C23H30N4O4S2/c1-3-27(4-2)33(30,31)18-13-14-22(24-15-18)32-16-21(28)26-20-12-8-7-11-19(20)23(29)25-17-9-5-6-10-17/h7-8,11-15,17H,3-6,9-10,16H2,1-2H3,(H,25,29)(H,26,28). The highest BCUT2D eigenvalue weighted by Gasteiger charge is 2.22. The van der Waals surface area contributed by atoms with E-state index in [2.05, 4.69) is 15.6 Å². The molecule has 1 aliphatic carbocycles. The molecule has 0 bridgehead atoms. The van der Waals surface area contributed by atoms with Crippen LogP contribution in [0, 0.1) is 0 Å². The minimum absolute atomic E-state index is 0.0771. The number of sulfonamides is 1. The van der Waals surface area contributed by atoms with Crippen LogP contribution in [0.15, 0.2) is 52.5 Å². The van der Waals surface area contributed by atoms with E-state index in [1.54, 1.807) is 44.2 Å². The van der Waals surface area contributed by atoms with Gasteiger partial charge in [0, 0.05) is 25.3 Å². The molecule has 1 aromatic heterocycles. The van der Waals surface area contributed by atoms with Crippen molar-refractivity contribution in [2.45, 2.75) is 55.5 Å². The zero-order valence-corrected chi connectivity index (χ0v) is 20.5. The number of carbonyl (C=O) groups excluding carboxylic acids is 2. The Morgan fingerprint density at radius 3 is 2.42 bits per heavy atom. The Kier molecular flexibility index (Phi) is 8.87. The lowest BCUT2D eigenvalue weighted by atomic mass is 10.1. The number of rotatable bonds is 10. The van der Waals surface area contributed by atoms with E-state index < -0.39 is 10.0 Å². The summed E-state index contributed by atoms with van der Waals surface area (Å²) in [5.41, 5.74) is 0.902. The third-order valence-electron chi connectivity index (χ3n) is 5.54. The van der Waals surface area contributed by atoms with Gasteiger partial charge in [-0.25, -0.2) is 13.4 Å². The number of carbonyl (C=O) groups is 2. The number of aromatic nitrogens is 1. The molecule has 2 aromatic rings. The first-order valence-electron chi connectivity index (χ1n) is 11.1. The third kappa shape index (κ3) is 6.55. The van der Waals surface area contributed by atoms with Gasteiger partial charge in [0.05, 0.1) is 22.0 Å². The fraction of sp³-hybridized carbons (Fsp3) is 0.435. The van der Waals surface area contributed by atoms with E-state index in [9.17, 15) is 18.0 Å². The maximum absolute atomic E-state index is 12.7. The maximum Gasteiger partial charge on any atom is 0.253 e. The molecule has 1 fully saturated rings. The molecule has 3 rings (SSSR count). The van der Waals surface area contributed by atoms with Gasteiger partial charge in [-0.15, -0.1) is 0 Å². The zero-order valence-electron chi connectivity index (χ0n) is 18.9. The van der Waals surface area contributed by atoms with E-state index in [1.165, 1.54) is 28.3 Å². The van der Waals surface area contributed by atoms with Crippen molar-refractivity contribution in [2.75, 3.05) is 24.2 Å². The van der Waals surface area contributed by atoms with E-state index in [0.29, 0.717) is 29.4 Å². The van der Waals surface area contributed by atoms with Crippen LogP contribution in [0.25, 0.3) is 0 Å². The molecule has 2 amide bonds. The Bertz CT molecular complexity index is 1060. The summed E-state index contributed by atoms with van der Waals surface area (Å²) in [6.45, 7) is 4.34. The highest BCUT2D eigenvalue weighted by molar-refractivity contribution is 7.99. The van der Waals surface area contributed by atoms with Crippen LogP contribution in [0.1, 0.15) is 49.9 Å². The van der Waals surface area contributed by atoms with Crippen LogP contribution in [0.5, 0.6) is 0 Å². The first-order chi connectivity index (χ1) is 15.8. The predicted molar refractivity (Wildman–Crippen MR) is 130 cm³/mol. The normalized spacial score (nSPS) is 14.4. The lowest BCUT2D eigenvalue weighted by Crippen LogP contribution is -2.33. The summed E-state index contributed by atoms with van der Waals surface area (Å²) in [6, 6.07) is 10.2. The van der Waals surface area contributed by atoms with Crippen molar-refractivity contribution in [3.05, 3.63) is 48.2 Å². The SMILES string of the molecule is CCN(CC)S(=O)(=O)c1ccc(SCC(=O)Nc2ccccc2C(=O)NC2CCCC2)nc1. The van der Waals surface area contributed by atoms with Crippen LogP contribution in [-0.2, 0) is 14.8 Å². The molecule has 0 saturated heterocycles. The summed E-state index contributed by atoms with van der Waals surface area (Å²) < 4.78 is 26.5. The summed E-state index contributed by atoms with van der Waals surface area (Å²) in [4.78, 5) is 29.5. The van der Waals surface area contributed by atoms with Crippen molar-refractivity contribution < 1.29 is 18.0 Å². The quantitative estimate of drug-likeness (QED) is 0.494. The molecule has 33 heavy (non-hydrogen) atoms. The van der Waals surface area contributed by atoms with Crippen LogP contribution >= 0.6 is 11.8 Å². The minimum atomic E-state index is -3.57. The number of para-hydroxylation sites is 1. The van der Waals surface area contributed by atoms with Gasteiger partial charge in [-0.3, -0.25) is 9.59 Å². The van der Waals surface area contributed by atoms with Gasteiger partial charge in [-0.2, -0.15) is 4.31 Å². The second-order valence-corrected chi connectivity index (χ2v) is 10.7. The molecule has 0 spiro atoms. The molecule has 178 valence electrons. The van der Waals surface area contributed by atoms with Crippen LogP contribution in [0.2, 0.25) is 0 Å². The zero-order chi connectivity index (χ0) is 23.8. The van der Waals surface area contributed by atoms with Crippen molar-refractivity contribution in [2.24, 2.45) is 0 Å².